The van der Waals surface area contributed by atoms with Gasteiger partial charge in [0.2, 0.25) is 5.91 Å². The number of hydrogen-bond acceptors (Lipinski definition) is 5. The Labute approximate surface area is 151 Å². The standard InChI is InChI=1S/C18H21N3O5/c22-15-10-14(11-20(15)8-6-13-4-2-1-3-5-13)17(24)26-12-16(23)21-9-7-19-18(21)25/h1-5,14H,6-12H2,(H,19,25). The van der Waals surface area contributed by atoms with E-state index in [-0.39, 0.29) is 18.9 Å². The Bertz CT molecular complexity index is 706. The molecule has 0 saturated carbocycles. The van der Waals surface area contributed by atoms with Gasteiger partial charge in [-0.2, -0.15) is 0 Å². The molecule has 0 aliphatic carbocycles. The highest BCUT2D eigenvalue weighted by Crippen LogP contribution is 2.19. The summed E-state index contributed by atoms with van der Waals surface area (Å²) < 4.78 is 5.02. The molecule has 0 spiro atoms. The predicted molar refractivity (Wildman–Crippen MR) is 90.9 cm³/mol. The van der Waals surface area contributed by atoms with Crippen LogP contribution in [0.15, 0.2) is 30.3 Å². The first-order chi connectivity index (χ1) is 12.5. The maximum absolute atomic E-state index is 12.1. The van der Waals surface area contributed by atoms with Crippen molar-refractivity contribution in [2.45, 2.75) is 12.8 Å². The number of imide groups is 1. The van der Waals surface area contributed by atoms with Gasteiger partial charge in [-0.1, -0.05) is 30.3 Å². The quantitative estimate of drug-likeness (QED) is 0.731. The molecule has 1 atom stereocenters. The molecule has 0 aromatic heterocycles. The Morgan fingerprint density at radius 1 is 1.19 bits per heavy atom. The Kier molecular flexibility index (Phi) is 5.50. The predicted octanol–water partition coefficient (Wildman–Crippen LogP) is 0.173. The molecule has 8 nitrogen and oxygen atoms in total. The molecule has 1 N–H and O–H groups in total. The molecule has 26 heavy (non-hydrogen) atoms. The van der Waals surface area contributed by atoms with Gasteiger partial charge in [0.15, 0.2) is 6.61 Å². The summed E-state index contributed by atoms with van der Waals surface area (Å²) in [7, 11) is 0. The number of benzene rings is 1. The number of urea groups is 1. The van der Waals surface area contributed by atoms with E-state index in [1.807, 2.05) is 30.3 Å². The highest BCUT2D eigenvalue weighted by Gasteiger charge is 2.36. The smallest absolute Gasteiger partial charge is 0.324 e. The monoisotopic (exact) mass is 359 g/mol. The van der Waals surface area contributed by atoms with Gasteiger partial charge in [0.05, 0.1) is 5.92 Å². The summed E-state index contributed by atoms with van der Waals surface area (Å²) in [5, 5.41) is 2.51. The van der Waals surface area contributed by atoms with Crippen molar-refractivity contribution in [3.05, 3.63) is 35.9 Å². The van der Waals surface area contributed by atoms with Crippen LogP contribution in [0, 0.1) is 5.92 Å². The third-order valence-corrected chi connectivity index (χ3v) is 4.56. The van der Waals surface area contributed by atoms with Crippen molar-refractivity contribution in [2.75, 3.05) is 32.8 Å². The van der Waals surface area contributed by atoms with E-state index >= 15 is 0 Å². The molecule has 8 heteroatoms. The molecule has 1 aromatic carbocycles. The first kappa shape index (κ1) is 17.9. The van der Waals surface area contributed by atoms with Crippen molar-refractivity contribution >= 4 is 23.8 Å². The lowest BCUT2D eigenvalue weighted by Gasteiger charge is -2.16. The Balaban J connectivity index is 1.44. The number of nitrogens with one attached hydrogen (secondary N) is 1. The highest BCUT2D eigenvalue weighted by atomic mass is 16.5. The minimum atomic E-state index is -0.575. The molecule has 4 amide bonds. The number of amides is 4. The lowest BCUT2D eigenvalue weighted by Crippen LogP contribution is -2.38. The maximum Gasteiger partial charge on any atom is 0.324 e. The molecule has 2 aliphatic rings. The van der Waals surface area contributed by atoms with Gasteiger partial charge in [0.1, 0.15) is 0 Å². The second kappa shape index (κ2) is 7.99. The number of ether oxygens (including phenoxy) is 1. The van der Waals surface area contributed by atoms with Crippen LogP contribution < -0.4 is 5.32 Å². The molecule has 2 heterocycles. The third kappa shape index (κ3) is 4.19. The zero-order chi connectivity index (χ0) is 18.5. The van der Waals surface area contributed by atoms with Crippen LogP contribution in [0.3, 0.4) is 0 Å². The second-order valence-corrected chi connectivity index (χ2v) is 6.36. The molecule has 3 rings (SSSR count). The Morgan fingerprint density at radius 2 is 1.96 bits per heavy atom. The van der Waals surface area contributed by atoms with Gasteiger partial charge in [0.25, 0.3) is 5.91 Å². The first-order valence-corrected chi connectivity index (χ1v) is 8.61. The molecule has 0 radical (unpaired) electrons. The van der Waals surface area contributed by atoms with E-state index in [1.165, 1.54) is 0 Å². The average molecular weight is 359 g/mol. The molecule has 2 saturated heterocycles. The summed E-state index contributed by atoms with van der Waals surface area (Å²) in [6, 6.07) is 9.33. The number of esters is 1. The molecule has 2 fully saturated rings. The third-order valence-electron chi connectivity index (χ3n) is 4.56. The van der Waals surface area contributed by atoms with Gasteiger partial charge in [-0.05, 0) is 12.0 Å². The molecule has 138 valence electrons. The van der Waals surface area contributed by atoms with E-state index in [0.29, 0.717) is 19.6 Å². The fourth-order valence-corrected chi connectivity index (χ4v) is 3.09. The van der Waals surface area contributed by atoms with Crippen LogP contribution in [0.5, 0.6) is 0 Å². The number of hydrogen-bond donors (Lipinski definition) is 1. The number of carbonyl (C=O) groups is 4. The van der Waals surface area contributed by atoms with E-state index < -0.39 is 30.4 Å². The van der Waals surface area contributed by atoms with Crippen LogP contribution in [0.1, 0.15) is 12.0 Å². The van der Waals surface area contributed by atoms with Crippen molar-refractivity contribution in [3.8, 4) is 0 Å². The first-order valence-electron chi connectivity index (χ1n) is 8.61. The summed E-state index contributed by atoms with van der Waals surface area (Å²) in [5.74, 6) is -1.79. The Hall–Kier alpha value is -2.90. The number of likely N-dealkylation sites (tertiary alicyclic amines) is 1. The molecule has 1 aromatic rings. The summed E-state index contributed by atoms with van der Waals surface area (Å²) in [5.41, 5.74) is 1.13. The van der Waals surface area contributed by atoms with Crippen LogP contribution in [-0.4, -0.2) is 66.4 Å². The summed E-state index contributed by atoms with van der Waals surface area (Å²) in [6.07, 6.45) is 0.808. The van der Waals surface area contributed by atoms with Crippen LogP contribution in [0.2, 0.25) is 0 Å². The molecular weight excluding hydrogens is 338 g/mol. The lowest BCUT2D eigenvalue weighted by molar-refractivity contribution is -0.154. The molecule has 1 unspecified atom stereocenters. The Morgan fingerprint density at radius 3 is 2.65 bits per heavy atom. The van der Waals surface area contributed by atoms with Gasteiger partial charge >= 0.3 is 12.0 Å². The van der Waals surface area contributed by atoms with Crippen molar-refractivity contribution in [1.29, 1.82) is 0 Å². The zero-order valence-corrected chi connectivity index (χ0v) is 14.3. The second-order valence-electron chi connectivity index (χ2n) is 6.36. The molecule has 2 aliphatic heterocycles. The van der Waals surface area contributed by atoms with Gasteiger partial charge in [-0.3, -0.25) is 19.3 Å². The summed E-state index contributed by atoms with van der Waals surface area (Å²) in [6.45, 7) is 1.01. The van der Waals surface area contributed by atoms with Gasteiger partial charge < -0.3 is 15.0 Å². The van der Waals surface area contributed by atoms with E-state index in [9.17, 15) is 19.2 Å². The van der Waals surface area contributed by atoms with E-state index in [1.54, 1.807) is 4.90 Å². The lowest BCUT2D eigenvalue weighted by atomic mass is 10.1. The van der Waals surface area contributed by atoms with Crippen LogP contribution in [0.4, 0.5) is 4.79 Å². The van der Waals surface area contributed by atoms with E-state index in [2.05, 4.69) is 5.32 Å². The molecule has 0 bridgehead atoms. The number of carbonyl (C=O) groups excluding carboxylic acids is 4. The van der Waals surface area contributed by atoms with Crippen LogP contribution in [0.25, 0.3) is 0 Å². The van der Waals surface area contributed by atoms with E-state index in [4.69, 9.17) is 4.74 Å². The van der Waals surface area contributed by atoms with Crippen molar-refractivity contribution < 1.29 is 23.9 Å². The normalized spacial score (nSPS) is 19.6. The minimum Gasteiger partial charge on any atom is -0.455 e. The maximum atomic E-state index is 12.1. The molecular formula is C18H21N3O5. The average Bonchev–Trinajstić information content (AvgIpc) is 3.24. The van der Waals surface area contributed by atoms with Crippen LogP contribution >= 0.6 is 0 Å². The summed E-state index contributed by atoms with van der Waals surface area (Å²) >= 11 is 0. The largest absolute Gasteiger partial charge is 0.455 e. The topological polar surface area (TPSA) is 96.0 Å². The summed E-state index contributed by atoms with van der Waals surface area (Å²) in [4.78, 5) is 50.2. The highest BCUT2D eigenvalue weighted by molar-refractivity contribution is 5.97. The zero-order valence-electron chi connectivity index (χ0n) is 14.3. The minimum absolute atomic E-state index is 0.0893. The van der Waals surface area contributed by atoms with Gasteiger partial charge in [-0.15, -0.1) is 0 Å². The number of nitrogens with zero attached hydrogens (tertiary/aromatic N) is 2. The van der Waals surface area contributed by atoms with E-state index in [0.717, 1.165) is 16.9 Å². The van der Waals surface area contributed by atoms with Gasteiger partial charge in [-0.25, -0.2) is 4.79 Å². The SMILES string of the molecule is O=C(OCC(=O)N1CCNC1=O)C1CC(=O)N(CCc2ccccc2)C1. The fraction of sp³-hybridized carbons (Fsp3) is 0.444. The van der Waals surface area contributed by atoms with Crippen molar-refractivity contribution in [3.63, 3.8) is 0 Å². The van der Waals surface area contributed by atoms with Crippen LogP contribution in [-0.2, 0) is 25.5 Å². The van der Waals surface area contributed by atoms with Crippen molar-refractivity contribution in [1.82, 2.24) is 15.1 Å². The van der Waals surface area contributed by atoms with Gasteiger partial charge in [0, 0.05) is 32.6 Å². The number of rotatable bonds is 6. The van der Waals surface area contributed by atoms with Crippen molar-refractivity contribution in [2.24, 2.45) is 5.92 Å². The fourth-order valence-electron chi connectivity index (χ4n) is 3.09.